The van der Waals surface area contributed by atoms with Crippen molar-refractivity contribution in [1.82, 2.24) is 0 Å². The SMILES string of the molecule is Cc1ccc2c(c1)C(O)(C(F)(F)C(=O)c1ccccc1)C(=O)N2C. The fraction of sp³-hybridized carbons (Fsp3) is 0.222. The van der Waals surface area contributed by atoms with Crippen molar-refractivity contribution < 1.29 is 23.5 Å². The Morgan fingerprint density at radius 3 is 2.42 bits per heavy atom. The zero-order valence-electron chi connectivity index (χ0n) is 13.1. The van der Waals surface area contributed by atoms with Crippen LogP contribution in [0.25, 0.3) is 0 Å². The first-order valence-electron chi connectivity index (χ1n) is 7.30. The molecular formula is C18H15F2NO3. The van der Waals surface area contributed by atoms with E-state index in [1.165, 1.54) is 43.4 Å². The summed E-state index contributed by atoms with van der Waals surface area (Å²) in [6, 6.07) is 11.3. The van der Waals surface area contributed by atoms with E-state index in [1.54, 1.807) is 19.1 Å². The number of Topliss-reactive ketones (excluding diaryl/α,β-unsaturated/α-hetero) is 1. The minimum Gasteiger partial charge on any atom is -0.370 e. The van der Waals surface area contributed by atoms with Crippen molar-refractivity contribution >= 4 is 17.4 Å². The van der Waals surface area contributed by atoms with Crippen molar-refractivity contribution in [2.45, 2.75) is 18.4 Å². The summed E-state index contributed by atoms with van der Waals surface area (Å²) in [5.41, 5.74) is -3.00. The summed E-state index contributed by atoms with van der Waals surface area (Å²) in [5, 5.41) is 10.7. The number of hydrogen-bond acceptors (Lipinski definition) is 3. The summed E-state index contributed by atoms with van der Waals surface area (Å²) in [5.74, 6) is -7.13. The van der Waals surface area contributed by atoms with Gasteiger partial charge < -0.3 is 10.0 Å². The number of halogens is 2. The van der Waals surface area contributed by atoms with Gasteiger partial charge in [-0.25, -0.2) is 0 Å². The van der Waals surface area contributed by atoms with Crippen LogP contribution < -0.4 is 4.90 Å². The molecule has 1 N–H and O–H groups in total. The number of fused-ring (bicyclic) bond motifs is 1. The van der Waals surface area contributed by atoms with Gasteiger partial charge in [0.25, 0.3) is 5.91 Å². The minimum atomic E-state index is -4.31. The van der Waals surface area contributed by atoms with E-state index in [0.717, 1.165) is 4.90 Å². The quantitative estimate of drug-likeness (QED) is 0.880. The first-order chi connectivity index (χ1) is 11.2. The average Bonchev–Trinajstić information content (AvgIpc) is 2.77. The number of alkyl halides is 2. The number of hydrogen-bond donors (Lipinski definition) is 1. The summed E-state index contributed by atoms with van der Waals surface area (Å²) in [6.45, 7) is 1.65. The Bertz CT molecular complexity index is 835. The Balaban J connectivity index is 2.18. The molecule has 1 unspecified atom stereocenters. The highest BCUT2D eigenvalue weighted by Gasteiger charge is 2.68. The third kappa shape index (κ3) is 1.99. The molecule has 1 amide bonds. The van der Waals surface area contributed by atoms with Crippen molar-refractivity contribution in [3.63, 3.8) is 0 Å². The number of benzene rings is 2. The third-order valence-corrected chi connectivity index (χ3v) is 4.29. The highest BCUT2D eigenvalue weighted by molar-refractivity contribution is 6.13. The van der Waals surface area contributed by atoms with E-state index in [2.05, 4.69) is 0 Å². The van der Waals surface area contributed by atoms with E-state index in [9.17, 15) is 23.5 Å². The van der Waals surface area contributed by atoms with Gasteiger partial charge >= 0.3 is 5.92 Å². The molecule has 0 fully saturated rings. The van der Waals surface area contributed by atoms with Gasteiger partial charge in [0, 0.05) is 18.2 Å². The number of rotatable bonds is 3. The van der Waals surface area contributed by atoms with Gasteiger partial charge in [-0.15, -0.1) is 0 Å². The van der Waals surface area contributed by atoms with Gasteiger partial charge in [-0.1, -0.05) is 48.0 Å². The summed E-state index contributed by atoms with van der Waals surface area (Å²) in [4.78, 5) is 25.7. The van der Waals surface area contributed by atoms with Crippen molar-refractivity contribution in [3.05, 3.63) is 65.2 Å². The molecule has 1 aliphatic rings. The van der Waals surface area contributed by atoms with Crippen LogP contribution in [0.4, 0.5) is 14.5 Å². The number of carbonyl (C=O) groups excluding carboxylic acids is 2. The first kappa shape index (κ1) is 16.3. The zero-order valence-corrected chi connectivity index (χ0v) is 13.1. The molecule has 0 bridgehead atoms. The van der Waals surface area contributed by atoms with Gasteiger partial charge in [0.1, 0.15) is 0 Å². The summed E-state index contributed by atoms with van der Waals surface area (Å²) < 4.78 is 30.0. The number of anilines is 1. The Hall–Kier alpha value is -2.60. The van der Waals surface area contributed by atoms with Crippen molar-refractivity contribution in [1.29, 1.82) is 0 Å². The van der Waals surface area contributed by atoms with Crippen LogP contribution >= 0.6 is 0 Å². The zero-order chi connectivity index (χ0) is 17.7. The Morgan fingerprint density at radius 2 is 1.79 bits per heavy atom. The summed E-state index contributed by atoms with van der Waals surface area (Å²) in [6.07, 6.45) is 0. The van der Waals surface area contributed by atoms with E-state index < -0.39 is 23.2 Å². The maximum absolute atomic E-state index is 15.0. The molecule has 1 atom stereocenters. The van der Waals surface area contributed by atoms with Gasteiger partial charge in [-0.2, -0.15) is 8.78 Å². The maximum atomic E-state index is 15.0. The molecule has 124 valence electrons. The number of carbonyl (C=O) groups is 2. The lowest BCUT2D eigenvalue weighted by molar-refractivity contribution is -0.173. The van der Waals surface area contributed by atoms with Gasteiger partial charge in [0.15, 0.2) is 0 Å². The molecule has 2 aromatic rings. The number of ketones is 1. The minimum absolute atomic E-state index is 0.161. The number of aryl methyl sites for hydroxylation is 1. The van der Waals surface area contributed by atoms with Crippen molar-refractivity contribution in [2.24, 2.45) is 0 Å². The second kappa shape index (κ2) is 5.21. The Morgan fingerprint density at radius 1 is 1.17 bits per heavy atom. The number of nitrogens with zero attached hydrogens (tertiary/aromatic N) is 1. The monoisotopic (exact) mass is 331 g/mol. The maximum Gasteiger partial charge on any atom is 0.351 e. The standard InChI is InChI=1S/C18H15F2NO3/c1-11-8-9-14-13(10-11)17(24,16(23)21(14)2)18(19,20)15(22)12-6-4-3-5-7-12/h3-10,24H,1-2H3. The topological polar surface area (TPSA) is 57.6 Å². The molecular weight excluding hydrogens is 316 g/mol. The van der Waals surface area contributed by atoms with Gasteiger partial charge in [0.2, 0.25) is 11.4 Å². The summed E-state index contributed by atoms with van der Waals surface area (Å²) in [7, 11) is 1.29. The molecule has 0 aliphatic carbocycles. The largest absolute Gasteiger partial charge is 0.370 e. The molecule has 0 saturated carbocycles. The van der Waals surface area contributed by atoms with Gasteiger partial charge in [-0.3, -0.25) is 9.59 Å². The predicted octanol–water partition coefficient (Wildman–Crippen LogP) is 2.68. The van der Waals surface area contributed by atoms with E-state index in [1.807, 2.05) is 0 Å². The van der Waals surface area contributed by atoms with Crippen LogP contribution in [0.15, 0.2) is 48.5 Å². The van der Waals surface area contributed by atoms with Crippen LogP contribution in [0.3, 0.4) is 0 Å². The molecule has 1 aliphatic heterocycles. The highest BCUT2D eigenvalue weighted by atomic mass is 19.3. The molecule has 1 heterocycles. The first-order valence-corrected chi connectivity index (χ1v) is 7.30. The molecule has 0 aromatic heterocycles. The lowest BCUT2D eigenvalue weighted by Crippen LogP contribution is -2.56. The van der Waals surface area contributed by atoms with E-state index in [-0.39, 0.29) is 16.8 Å². The van der Waals surface area contributed by atoms with Crippen molar-refractivity contribution in [3.8, 4) is 0 Å². The van der Waals surface area contributed by atoms with Crippen LogP contribution in [0.5, 0.6) is 0 Å². The predicted molar refractivity (Wildman–Crippen MR) is 84.2 cm³/mol. The highest BCUT2D eigenvalue weighted by Crippen LogP contribution is 2.49. The molecule has 6 heteroatoms. The second-order valence-corrected chi connectivity index (χ2v) is 5.86. The molecule has 0 radical (unpaired) electrons. The third-order valence-electron chi connectivity index (χ3n) is 4.29. The lowest BCUT2D eigenvalue weighted by atomic mass is 9.83. The van der Waals surface area contributed by atoms with Crippen LogP contribution in [0.1, 0.15) is 21.5 Å². The van der Waals surface area contributed by atoms with Crippen LogP contribution in [-0.4, -0.2) is 29.8 Å². The lowest BCUT2D eigenvalue weighted by Gasteiger charge is -2.30. The van der Waals surface area contributed by atoms with E-state index in [0.29, 0.717) is 5.56 Å². The van der Waals surface area contributed by atoms with Crippen LogP contribution in [-0.2, 0) is 10.4 Å². The molecule has 24 heavy (non-hydrogen) atoms. The number of likely N-dealkylation sites (N-methyl/N-ethyl adjacent to an activating group) is 1. The normalized spacial score (nSPS) is 20.2. The Kier molecular flexibility index (Phi) is 3.53. The molecule has 4 nitrogen and oxygen atoms in total. The molecule has 0 spiro atoms. The Labute approximate surface area is 137 Å². The van der Waals surface area contributed by atoms with Crippen LogP contribution in [0, 0.1) is 6.92 Å². The molecule has 2 aromatic carbocycles. The van der Waals surface area contributed by atoms with E-state index in [4.69, 9.17) is 0 Å². The fourth-order valence-corrected chi connectivity index (χ4v) is 2.94. The molecule has 3 rings (SSSR count). The van der Waals surface area contributed by atoms with E-state index >= 15 is 0 Å². The number of aliphatic hydroxyl groups is 1. The smallest absolute Gasteiger partial charge is 0.351 e. The van der Waals surface area contributed by atoms with Gasteiger partial charge in [0.05, 0.1) is 5.69 Å². The fourth-order valence-electron chi connectivity index (χ4n) is 2.94. The summed E-state index contributed by atoms with van der Waals surface area (Å²) >= 11 is 0. The van der Waals surface area contributed by atoms with Gasteiger partial charge in [-0.05, 0) is 13.0 Å². The average molecular weight is 331 g/mol. The second-order valence-electron chi connectivity index (χ2n) is 5.86. The van der Waals surface area contributed by atoms with Crippen molar-refractivity contribution in [2.75, 3.05) is 11.9 Å². The number of amides is 1. The molecule has 0 saturated heterocycles. The van der Waals surface area contributed by atoms with Crippen LogP contribution in [0.2, 0.25) is 0 Å².